The van der Waals surface area contributed by atoms with E-state index in [2.05, 4.69) is 79.9 Å². The molecule has 8 N–H and O–H groups in total. The SMILES string of the molecule is CC/C=C\C/C=C\CCCCCCCCCCCCCCCC(O)C(=O)NC(COC1OC(CO)C(O)C(O)C1O)C(O)C(O)CCC/C=C/CC/C=C/CC/C=C/CCCCCCCCCCC. The van der Waals surface area contributed by atoms with Gasteiger partial charge < -0.3 is 50.5 Å². The molecule has 1 amide bonds. The molecule has 0 aromatic heterocycles. The zero-order valence-corrected chi connectivity index (χ0v) is 43.8. The Kier molecular flexibility index (Phi) is 44.0. The number of allylic oxidation sites excluding steroid dienone is 10. The highest BCUT2D eigenvalue weighted by Gasteiger charge is 2.44. The number of hydrogen-bond acceptors (Lipinski definition) is 10. The molecule has 1 rings (SSSR count). The summed E-state index contributed by atoms with van der Waals surface area (Å²) in [6.45, 7) is 3.34. The summed E-state index contributed by atoms with van der Waals surface area (Å²) in [4.78, 5) is 13.2. The number of carbonyl (C=O) groups is 1. The van der Waals surface area contributed by atoms with Crippen molar-refractivity contribution in [2.75, 3.05) is 13.2 Å². The first-order valence-electron chi connectivity index (χ1n) is 28.2. The Hall–Kier alpha value is -2.19. The molecule has 1 aliphatic rings. The Morgan fingerprint density at radius 1 is 0.522 bits per heavy atom. The number of unbranched alkanes of at least 4 members (excludes halogenated alkanes) is 25. The summed E-state index contributed by atoms with van der Waals surface area (Å²) in [5.41, 5.74) is 0. The van der Waals surface area contributed by atoms with Crippen molar-refractivity contribution < 1.29 is 50.0 Å². The largest absolute Gasteiger partial charge is 0.394 e. The normalized spacial score (nSPS) is 20.9. The highest BCUT2D eigenvalue weighted by Crippen LogP contribution is 2.23. The Morgan fingerprint density at radius 2 is 0.957 bits per heavy atom. The third-order valence-electron chi connectivity index (χ3n) is 13.3. The van der Waals surface area contributed by atoms with Crippen molar-refractivity contribution in [3.63, 3.8) is 0 Å². The molecular weight excluding hydrogens is 871 g/mol. The fraction of sp³-hybridized carbons (Fsp3) is 0.810. The molecule has 11 nitrogen and oxygen atoms in total. The molecule has 0 saturated carbocycles. The Labute approximate surface area is 421 Å². The van der Waals surface area contributed by atoms with Crippen LogP contribution < -0.4 is 5.32 Å². The van der Waals surface area contributed by atoms with Crippen LogP contribution in [0, 0.1) is 0 Å². The minimum absolute atomic E-state index is 0.239. The second-order valence-electron chi connectivity index (χ2n) is 19.6. The maximum Gasteiger partial charge on any atom is 0.249 e. The molecule has 0 spiro atoms. The highest BCUT2D eigenvalue weighted by molar-refractivity contribution is 5.80. The topological polar surface area (TPSA) is 189 Å². The molecule has 11 heteroatoms. The molecule has 1 aliphatic heterocycles. The number of ether oxygens (including phenoxy) is 2. The molecule has 1 saturated heterocycles. The molecule has 0 aromatic rings. The summed E-state index contributed by atoms with van der Waals surface area (Å²) in [5.74, 6) is -0.714. The second-order valence-corrected chi connectivity index (χ2v) is 19.6. The quantitative estimate of drug-likeness (QED) is 0.0215. The predicted molar refractivity (Wildman–Crippen MR) is 284 cm³/mol. The lowest BCUT2D eigenvalue weighted by Gasteiger charge is -2.40. The second kappa shape index (κ2) is 46.9. The van der Waals surface area contributed by atoms with Gasteiger partial charge in [-0.25, -0.2) is 0 Å². The van der Waals surface area contributed by atoms with Crippen molar-refractivity contribution in [2.24, 2.45) is 0 Å². The summed E-state index contributed by atoms with van der Waals surface area (Å²) in [6, 6.07) is -1.20. The number of rotatable bonds is 47. The van der Waals surface area contributed by atoms with Crippen molar-refractivity contribution >= 4 is 5.91 Å². The molecule has 9 unspecified atom stereocenters. The van der Waals surface area contributed by atoms with Gasteiger partial charge in [0.1, 0.15) is 36.6 Å². The van der Waals surface area contributed by atoms with Gasteiger partial charge in [-0.05, 0) is 89.9 Å². The minimum atomic E-state index is -1.67. The maximum absolute atomic E-state index is 13.2. The van der Waals surface area contributed by atoms with Crippen LogP contribution in [0.15, 0.2) is 60.8 Å². The van der Waals surface area contributed by atoms with E-state index in [9.17, 15) is 40.5 Å². The van der Waals surface area contributed by atoms with Gasteiger partial charge in [-0.15, -0.1) is 0 Å². The molecule has 0 aliphatic carbocycles. The Bertz CT molecular complexity index is 1300. The van der Waals surface area contributed by atoms with E-state index < -0.39 is 74.2 Å². The lowest BCUT2D eigenvalue weighted by molar-refractivity contribution is -0.303. The van der Waals surface area contributed by atoms with Gasteiger partial charge in [-0.1, -0.05) is 203 Å². The Balaban J connectivity index is 2.38. The van der Waals surface area contributed by atoms with Crippen LogP contribution in [0.1, 0.15) is 232 Å². The first kappa shape index (κ1) is 64.8. The number of carbonyl (C=O) groups excluding carboxylic acids is 1. The van der Waals surface area contributed by atoms with Crippen molar-refractivity contribution in [1.29, 1.82) is 0 Å². The van der Waals surface area contributed by atoms with E-state index in [1.807, 2.05) is 0 Å². The fourth-order valence-electron chi connectivity index (χ4n) is 8.69. The fourth-order valence-corrected chi connectivity index (χ4v) is 8.69. The zero-order chi connectivity index (χ0) is 50.4. The van der Waals surface area contributed by atoms with Gasteiger partial charge >= 0.3 is 0 Å². The van der Waals surface area contributed by atoms with Gasteiger partial charge in [0.2, 0.25) is 5.91 Å². The molecule has 0 bridgehead atoms. The first-order valence-corrected chi connectivity index (χ1v) is 28.2. The molecule has 0 aromatic carbocycles. The van der Waals surface area contributed by atoms with Crippen molar-refractivity contribution in [3.8, 4) is 0 Å². The van der Waals surface area contributed by atoms with Crippen molar-refractivity contribution in [1.82, 2.24) is 5.32 Å². The molecule has 9 atom stereocenters. The van der Waals surface area contributed by atoms with Gasteiger partial charge in [-0.2, -0.15) is 0 Å². The molecular formula is C58H105NO10. The highest BCUT2D eigenvalue weighted by atomic mass is 16.7. The number of amides is 1. The lowest BCUT2D eigenvalue weighted by atomic mass is 9.98. The van der Waals surface area contributed by atoms with E-state index in [-0.39, 0.29) is 12.8 Å². The standard InChI is InChI=1S/C58H105NO10/c1-3-5-7-9-11-13-15-17-19-21-23-25-26-28-29-31-33-35-37-39-41-43-45-50(61)53(63)49(48-68-58-56(66)55(65)54(64)52(47-60)69-58)59-57(67)51(62)46-44-42-40-38-36-34-32-30-27-24-22-20-18-16-14-12-10-8-6-4-2/h6,8,12,14,23,25,29,31,37,39,49-56,58,60-66H,3-5,7,9-11,13,15-22,24,26-28,30,32-36,38,40-48H2,1-2H3,(H,59,67)/b8-6-,14-12-,25-23+,31-29+,39-37+. The molecule has 1 heterocycles. The van der Waals surface area contributed by atoms with Crippen LogP contribution in [0.3, 0.4) is 0 Å². The number of nitrogens with one attached hydrogen (secondary N) is 1. The van der Waals surface area contributed by atoms with Gasteiger partial charge in [0, 0.05) is 0 Å². The van der Waals surface area contributed by atoms with Crippen LogP contribution in [0.2, 0.25) is 0 Å². The third-order valence-corrected chi connectivity index (χ3v) is 13.3. The van der Waals surface area contributed by atoms with E-state index in [1.54, 1.807) is 0 Å². The average molecular weight is 976 g/mol. The summed E-state index contributed by atoms with van der Waals surface area (Å²) in [6.07, 6.45) is 48.4. The van der Waals surface area contributed by atoms with Crippen LogP contribution in [-0.4, -0.2) is 110 Å². The molecule has 69 heavy (non-hydrogen) atoms. The smallest absolute Gasteiger partial charge is 0.249 e. The molecule has 402 valence electrons. The summed E-state index contributed by atoms with van der Waals surface area (Å²) < 4.78 is 11.1. The minimum Gasteiger partial charge on any atom is -0.394 e. The molecule has 1 fully saturated rings. The predicted octanol–water partition coefficient (Wildman–Crippen LogP) is 11.5. The number of hydrogen-bond donors (Lipinski definition) is 8. The van der Waals surface area contributed by atoms with Crippen LogP contribution in [-0.2, 0) is 14.3 Å². The zero-order valence-electron chi connectivity index (χ0n) is 43.8. The van der Waals surface area contributed by atoms with Crippen LogP contribution in [0.4, 0.5) is 0 Å². The van der Waals surface area contributed by atoms with Crippen LogP contribution >= 0.6 is 0 Å². The van der Waals surface area contributed by atoms with Crippen molar-refractivity contribution in [2.45, 2.75) is 287 Å². The van der Waals surface area contributed by atoms with E-state index in [0.29, 0.717) is 19.3 Å². The van der Waals surface area contributed by atoms with Gasteiger partial charge in [0.15, 0.2) is 6.29 Å². The number of aliphatic hydroxyl groups is 7. The number of aliphatic hydroxyl groups excluding tert-OH is 7. The Morgan fingerprint density at radius 3 is 1.45 bits per heavy atom. The van der Waals surface area contributed by atoms with Crippen molar-refractivity contribution in [3.05, 3.63) is 60.8 Å². The van der Waals surface area contributed by atoms with E-state index in [0.717, 1.165) is 57.8 Å². The van der Waals surface area contributed by atoms with Crippen LogP contribution in [0.25, 0.3) is 0 Å². The summed E-state index contributed by atoms with van der Waals surface area (Å²) in [7, 11) is 0. The summed E-state index contributed by atoms with van der Waals surface area (Å²) >= 11 is 0. The third kappa shape index (κ3) is 35.6. The van der Waals surface area contributed by atoms with E-state index >= 15 is 0 Å². The van der Waals surface area contributed by atoms with Gasteiger partial charge in [0.25, 0.3) is 0 Å². The lowest BCUT2D eigenvalue weighted by Crippen LogP contribution is -2.60. The first-order chi connectivity index (χ1) is 33.7. The molecule has 0 radical (unpaired) electrons. The average Bonchev–Trinajstić information content (AvgIpc) is 3.35. The van der Waals surface area contributed by atoms with Gasteiger partial charge in [0.05, 0.1) is 25.4 Å². The van der Waals surface area contributed by atoms with Gasteiger partial charge in [-0.3, -0.25) is 4.79 Å². The van der Waals surface area contributed by atoms with E-state index in [4.69, 9.17) is 9.47 Å². The summed E-state index contributed by atoms with van der Waals surface area (Å²) in [5, 5.41) is 76.1. The van der Waals surface area contributed by atoms with Crippen LogP contribution in [0.5, 0.6) is 0 Å². The van der Waals surface area contributed by atoms with E-state index in [1.165, 1.54) is 128 Å². The maximum atomic E-state index is 13.2. The monoisotopic (exact) mass is 976 g/mol.